The number of aromatic hydroxyl groups is 2. The number of hydrogen-bond acceptors (Lipinski definition) is 7. The van der Waals surface area contributed by atoms with Gasteiger partial charge in [0.15, 0.2) is 11.8 Å². The highest BCUT2D eigenvalue weighted by Gasteiger charge is 2.26. The SMILES string of the molecule is Cc1cc2c(s1)Nc1ccccc1N=C2N1CCN(CCCCn2c(O)c(C)c(C)c2O)CC1. The van der Waals surface area contributed by atoms with Crippen LogP contribution in [0.3, 0.4) is 0 Å². The molecule has 5 rings (SSSR count). The van der Waals surface area contributed by atoms with E-state index in [-0.39, 0.29) is 11.8 Å². The lowest BCUT2D eigenvalue weighted by Gasteiger charge is -2.36. The minimum atomic E-state index is 0.187. The van der Waals surface area contributed by atoms with Crippen LogP contribution in [0, 0.1) is 20.8 Å². The van der Waals surface area contributed by atoms with E-state index in [4.69, 9.17) is 4.99 Å². The van der Waals surface area contributed by atoms with Gasteiger partial charge in [-0.2, -0.15) is 0 Å². The van der Waals surface area contributed by atoms with Gasteiger partial charge in [0.05, 0.1) is 16.9 Å². The maximum absolute atomic E-state index is 10.2. The third-order valence-corrected chi connectivity index (χ3v) is 7.96. The molecule has 0 spiro atoms. The van der Waals surface area contributed by atoms with Crippen LogP contribution < -0.4 is 5.32 Å². The summed E-state index contributed by atoms with van der Waals surface area (Å²) in [5.41, 5.74) is 4.77. The van der Waals surface area contributed by atoms with E-state index in [1.165, 1.54) is 15.4 Å². The second kappa shape index (κ2) is 9.35. The van der Waals surface area contributed by atoms with Gasteiger partial charge >= 0.3 is 0 Å². The van der Waals surface area contributed by atoms with Crippen molar-refractivity contribution in [1.82, 2.24) is 14.4 Å². The number of amidine groups is 1. The van der Waals surface area contributed by atoms with Gasteiger partial charge < -0.3 is 20.4 Å². The standard InChI is InChI=1S/C26H33N5O2S/c1-17-16-20-23(27-21-8-4-5-9-22(21)28-24(20)34-17)30-14-12-29(13-15-30)10-6-7-11-31-25(32)18(2)19(3)26(31)33/h4-5,8-9,16,28,32-33H,6-7,10-15H2,1-3H3. The fourth-order valence-electron chi connectivity index (χ4n) is 4.83. The molecule has 0 aliphatic carbocycles. The highest BCUT2D eigenvalue weighted by atomic mass is 32.1. The third-order valence-electron chi connectivity index (χ3n) is 7.00. The number of para-hydroxylation sites is 2. The molecular weight excluding hydrogens is 446 g/mol. The molecule has 34 heavy (non-hydrogen) atoms. The molecular formula is C26H33N5O2S. The van der Waals surface area contributed by atoms with Crippen molar-refractivity contribution >= 4 is 33.5 Å². The highest BCUT2D eigenvalue weighted by molar-refractivity contribution is 7.16. The van der Waals surface area contributed by atoms with Crippen molar-refractivity contribution in [2.75, 3.05) is 38.0 Å². The van der Waals surface area contributed by atoms with Crippen molar-refractivity contribution in [3.8, 4) is 11.8 Å². The molecule has 3 aromatic rings. The Morgan fingerprint density at radius 1 is 0.941 bits per heavy atom. The van der Waals surface area contributed by atoms with Crippen molar-refractivity contribution in [3.63, 3.8) is 0 Å². The lowest BCUT2D eigenvalue weighted by atomic mass is 10.2. The molecule has 2 aliphatic heterocycles. The Morgan fingerprint density at radius 2 is 1.62 bits per heavy atom. The molecule has 0 saturated carbocycles. The number of aliphatic imine (C=N–C) groups is 1. The van der Waals surface area contributed by atoms with Gasteiger partial charge in [-0.3, -0.25) is 9.47 Å². The molecule has 2 aromatic heterocycles. The number of benzene rings is 1. The number of nitrogens with one attached hydrogen (secondary N) is 1. The van der Waals surface area contributed by atoms with Crippen LogP contribution in [0.5, 0.6) is 11.8 Å². The predicted octanol–water partition coefficient (Wildman–Crippen LogP) is 5.12. The van der Waals surface area contributed by atoms with E-state index in [9.17, 15) is 10.2 Å². The molecule has 4 heterocycles. The van der Waals surface area contributed by atoms with Crippen LogP contribution in [0.1, 0.15) is 34.4 Å². The topological polar surface area (TPSA) is 76.3 Å². The normalized spacial score (nSPS) is 16.0. The molecule has 0 unspecified atom stereocenters. The van der Waals surface area contributed by atoms with Crippen molar-refractivity contribution in [2.24, 2.45) is 4.99 Å². The number of piperazine rings is 1. The summed E-state index contributed by atoms with van der Waals surface area (Å²) >= 11 is 1.78. The zero-order valence-electron chi connectivity index (χ0n) is 20.1. The van der Waals surface area contributed by atoms with Gasteiger partial charge in [-0.25, -0.2) is 4.99 Å². The van der Waals surface area contributed by atoms with E-state index >= 15 is 0 Å². The molecule has 2 aliphatic rings. The quantitative estimate of drug-likeness (QED) is 0.443. The molecule has 1 saturated heterocycles. The minimum Gasteiger partial charge on any atom is -0.494 e. The van der Waals surface area contributed by atoms with Crippen LogP contribution in [0.15, 0.2) is 35.3 Å². The van der Waals surface area contributed by atoms with Gasteiger partial charge in [-0.15, -0.1) is 11.3 Å². The number of aryl methyl sites for hydroxylation is 1. The summed E-state index contributed by atoms with van der Waals surface area (Å²) in [7, 11) is 0. The number of nitrogens with zero attached hydrogens (tertiary/aromatic N) is 4. The molecule has 0 bridgehead atoms. The van der Waals surface area contributed by atoms with E-state index in [0.717, 1.165) is 73.9 Å². The molecule has 0 radical (unpaired) electrons. The first-order valence-corrected chi connectivity index (χ1v) is 12.8. The van der Waals surface area contributed by atoms with Crippen molar-refractivity contribution in [1.29, 1.82) is 0 Å². The molecule has 180 valence electrons. The molecule has 0 amide bonds. The number of rotatable bonds is 5. The summed E-state index contributed by atoms with van der Waals surface area (Å²) in [5.74, 6) is 1.44. The summed E-state index contributed by atoms with van der Waals surface area (Å²) in [6.07, 6.45) is 1.95. The minimum absolute atomic E-state index is 0.187. The summed E-state index contributed by atoms with van der Waals surface area (Å²) in [6.45, 7) is 11.4. The van der Waals surface area contributed by atoms with Gasteiger partial charge in [0.2, 0.25) is 0 Å². The Kier molecular flexibility index (Phi) is 6.27. The zero-order valence-corrected chi connectivity index (χ0v) is 21.0. The van der Waals surface area contributed by atoms with Gasteiger partial charge in [0.25, 0.3) is 0 Å². The summed E-state index contributed by atoms with van der Waals surface area (Å²) < 4.78 is 1.62. The average Bonchev–Trinajstić information content (AvgIpc) is 3.22. The second-order valence-corrected chi connectivity index (χ2v) is 10.5. The first-order valence-electron chi connectivity index (χ1n) is 12.0. The van der Waals surface area contributed by atoms with Gasteiger partial charge in [-0.1, -0.05) is 12.1 Å². The van der Waals surface area contributed by atoms with Crippen molar-refractivity contribution in [3.05, 3.63) is 51.9 Å². The fourth-order valence-corrected chi connectivity index (χ4v) is 5.75. The van der Waals surface area contributed by atoms with E-state index in [0.29, 0.717) is 6.54 Å². The Hall–Kier alpha value is -2.97. The summed E-state index contributed by atoms with van der Waals surface area (Å²) in [5, 5.41) is 25.2. The average molecular weight is 480 g/mol. The Labute approximate surface area is 205 Å². The van der Waals surface area contributed by atoms with Gasteiger partial charge in [0, 0.05) is 48.7 Å². The van der Waals surface area contributed by atoms with Crippen LogP contribution in [0.2, 0.25) is 0 Å². The molecule has 1 aromatic carbocycles. The van der Waals surface area contributed by atoms with Crippen molar-refractivity contribution < 1.29 is 10.2 Å². The van der Waals surface area contributed by atoms with Crippen LogP contribution in [-0.2, 0) is 6.54 Å². The fraction of sp³-hybridized carbons (Fsp3) is 0.423. The van der Waals surface area contributed by atoms with Crippen LogP contribution in [0.25, 0.3) is 0 Å². The number of thiophene rings is 1. The third kappa shape index (κ3) is 4.28. The first kappa shape index (κ1) is 22.8. The molecule has 0 atom stereocenters. The number of anilines is 2. The molecule has 8 heteroatoms. The summed E-state index contributed by atoms with van der Waals surface area (Å²) in [4.78, 5) is 11.3. The number of aromatic nitrogens is 1. The number of fused-ring (bicyclic) bond motifs is 2. The second-order valence-electron chi connectivity index (χ2n) is 9.26. The lowest BCUT2D eigenvalue weighted by molar-refractivity contribution is 0.179. The van der Waals surface area contributed by atoms with Gasteiger partial charge in [-0.05, 0) is 58.4 Å². The largest absolute Gasteiger partial charge is 0.494 e. The van der Waals surface area contributed by atoms with E-state index in [1.807, 2.05) is 26.0 Å². The van der Waals surface area contributed by atoms with Gasteiger partial charge in [0.1, 0.15) is 10.8 Å². The number of unbranched alkanes of at least 4 members (excludes halogenated alkanes) is 1. The Morgan fingerprint density at radius 3 is 2.35 bits per heavy atom. The first-order chi connectivity index (χ1) is 16.4. The monoisotopic (exact) mass is 479 g/mol. The lowest BCUT2D eigenvalue weighted by Crippen LogP contribution is -2.49. The Bertz CT molecular complexity index is 1190. The summed E-state index contributed by atoms with van der Waals surface area (Å²) in [6, 6.07) is 10.5. The van der Waals surface area contributed by atoms with Crippen LogP contribution >= 0.6 is 11.3 Å². The van der Waals surface area contributed by atoms with Crippen LogP contribution in [0.4, 0.5) is 16.4 Å². The molecule has 1 fully saturated rings. The van der Waals surface area contributed by atoms with Crippen molar-refractivity contribution in [2.45, 2.75) is 40.2 Å². The maximum Gasteiger partial charge on any atom is 0.197 e. The molecule has 7 nitrogen and oxygen atoms in total. The van der Waals surface area contributed by atoms with Crippen LogP contribution in [-0.4, -0.2) is 63.1 Å². The number of hydrogen-bond donors (Lipinski definition) is 3. The Balaban J connectivity index is 1.19. The van der Waals surface area contributed by atoms with E-state index < -0.39 is 0 Å². The zero-order chi connectivity index (χ0) is 23.8. The van der Waals surface area contributed by atoms with E-state index in [2.05, 4.69) is 40.2 Å². The molecule has 3 N–H and O–H groups in total. The highest BCUT2D eigenvalue weighted by Crippen LogP contribution is 2.39. The van der Waals surface area contributed by atoms with E-state index in [1.54, 1.807) is 15.9 Å². The smallest absolute Gasteiger partial charge is 0.197 e. The maximum atomic E-state index is 10.2. The predicted molar refractivity (Wildman–Crippen MR) is 139 cm³/mol.